The van der Waals surface area contributed by atoms with Gasteiger partial charge in [-0.3, -0.25) is 0 Å². The molecule has 2 aromatic rings. The maximum Gasteiger partial charge on any atom is 0.0430 e. The Morgan fingerprint density at radius 2 is 1.52 bits per heavy atom. The molecule has 0 saturated carbocycles. The van der Waals surface area contributed by atoms with Gasteiger partial charge in [0.05, 0.1) is 0 Å². The highest BCUT2D eigenvalue weighted by atomic mass is 15.2. The van der Waals surface area contributed by atoms with Crippen LogP contribution in [0.2, 0.25) is 0 Å². The van der Waals surface area contributed by atoms with E-state index in [1.54, 1.807) is 0 Å². The lowest BCUT2D eigenvalue weighted by Gasteiger charge is -2.27. The summed E-state index contributed by atoms with van der Waals surface area (Å²) in [6.07, 6.45) is 1.08. The first kappa shape index (κ1) is 15.6. The highest BCUT2D eigenvalue weighted by Crippen LogP contribution is 2.19. The zero-order valence-electron chi connectivity index (χ0n) is 13.4. The summed E-state index contributed by atoms with van der Waals surface area (Å²) in [7, 11) is 4.26. The maximum absolute atomic E-state index is 2.47. The van der Waals surface area contributed by atoms with Crippen molar-refractivity contribution in [2.45, 2.75) is 19.9 Å². The fraction of sp³-hybridized carbons (Fsp3) is 0.368. The van der Waals surface area contributed by atoms with Crippen molar-refractivity contribution in [2.75, 3.05) is 32.1 Å². The Hall–Kier alpha value is -1.80. The van der Waals surface area contributed by atoms with Crippen molar-refractivity contribution < 1.29 is 0 Å². The van der Waals surface area contributed by atoms with Crippen LogP contribution in [0.25, 0.3) is 0 Å². The molecule has 0 saturated heterocycles. The van der Waals surface area contributed by atoms with E-state index in [-0.39, 0.29) is 0 Å². The van der Waals surface area contributed by atoms with Crippen LogP contribution in [-0.4, -0.2) is 32.1 Å². The molecule has 0 unspecified atom stereocenters. The van der Waals surface area contributed by atoms with E-state index in [4.69, 9.17) is 0 Å². The van der Waals surface area contributed by atoms with Gasteiger partial charge in [-0.25, -0.2) is 0 Å². The summed E-state index contributed by atoms with van der Waals surface area (Å²) >= 11 is 0. The summed E-state index contributed by atoms with van der Waals surface area (Å²) in [5, 5.41) is 0. The second kappa shape index (κ2) is 7.84. The van der Waals surface area contributed by atoms with Crippen LogP contribution < -0.4 is 4.90 Å². The van der Waals surface area contributed by atoms with Gasteiger partial charge in [-0.1, -0.05) is 49.4 Å². The van der Waals surface area contributed by atoms with Crippen LogP contribution >= 0.6 is 0 Å². The maximum atomic E-state index is 2.47. The molecule has 0 aromatic heterocycles. The van der Waals surface area contributed by atoms with Crippen molar-refractivity contribution in [3.63, 3.8) is 0 Å². The third-order valence-electron chi connectivity index (χ3n) is 3.72. The molecule has 0 fully saturated rings. The van der Waals surface area contributed by atoms with Crippen molar-refractivity contribution in [1.29, 1.82) is 0 Å². The first-order valence-corrected chi connectivity index (χ1v) is 7.71. The number of likely N-dealkylation sites (N-methyl/N-ethyl adjacent to an activating group) is 1. The lowest BCUT2D eigenvalue weighted by Crippen LogP contribution is -2.31. The number of rotatable bonds is 7. The third kappa shape index (κ3) is 4.91. The van der Waals surface area contributed by atoms with E-state index in [0.29, 0.717) is 0 Å². The quantitative estimate of drug-likeness (QED) is 0.762. The molecule has 0 atom stereocenters. The predicted octanol–water partition coefficient (Wildman–Crippen LogP) is 3.82. The summed E-state index contributed by atoms with van der Waals surface area (Å²) in [4.78, 5) is 4.70. The van der Waals surface area contributed by atoms with Gasteiger partial charge in [0, 0.05) is 25.3 Å². The molecule has 112 valence electrons. The minimum absolute atomic E-state index is 0.960. The molecule has 2 nitrogen and oxygen atoms in total. The SMILES string of the molecule is CCc1cccc(N(CCN(C)C)Cc2ccccc2)c1. The molecular formula is C19H26N2. The van der Waals surface area contributed by atoms with E-state index in [1.807, 2.05) is 0 Å². The summed E-state index contributed by atoms with van der Waals surface area (Å²) in [5.41, 5.74) is 4.08. The Morgan fingerprint density at radius 1 is 0.810 bits per heavy atom. The van der Waals surface area contributed by atoms with Crippen LogP contribution in [0, 0.1) is 0 Å². The number of aryl methyl sites for hydroxylation is 1. The van der Waals surface area contributed by atoms with Crippen molar-refractivity contribution >= 4 is 5.69 Å². The predicted molar refractivity (Wildman–Crippen MR) is 91.9 cm³/mol. The molecule has 0 N–H and O–H groups in total. The van der Waals surface area contributed by atoms with Crippen molar-refractivity contribution in [1.82, 2.24) is 4.90 Å². The van der Waals surface area contributed by atoms with Crippen LogP contribution in [0.1, 0.15) is 18.1 Å². The van der Waals surface area contributed by atoms with Crippen LogP contribution in [0.4, 0.5) is 5.69 Å². The number of anilines is 1. The number of hydrogen-bond acceptors (Lipinski definition) is 2. The van der Waals surface area contributed by atoms with Crippen LogP contribution in [-0.2, 0) is 13.0 Å². The first-order chi connectivity index (χ1) is 10.2. The van der Waals surface area contributed by atoms with E-state index in [2.05, 4.69) is 85.4 Å². The van der Waals surface area contributed by atoms with Crippen LogP contribution in [0.15, 0.2) is 54.6 Å². The molecular weight excluding hydrogens is 256 g/mol. The summed E-state index contributed by atoms with van der Waals surface area (Å²) < 4.78 is 0. The smallest absolute Gasteiger partial charge is 0.0430 e. The second-order valence-electron chi connectivity index (χ2n) is 5.73. The minimum Gasteiger partial charge on any atom is -0.366 e. The fourth-order valence-corrected chi connectivity index (χ4v) is 2.40. The van der Waals surface area contributed by atoms with Gasteiger partial charge < -0.3 is 9.80 Å². The molecule has 2 heteroatoms. The Kier molecular flexibility index (Phi) is 5.82. The average molecular weight is 282 g/mol. The standard InChI is InChI=1S/C19H26N2/c1-4-17-11-8-12-19(15-17)21(14-13-20(2)3)16-18-9-6-5-7-10-18/h5-12,15H,4,13-14,16H2,1-3H3. The van der Waals surface area contributed by atoms with E-state index >= 15 is 0 Å². The Bertz CT molecular complexity index is 534. The van der Waals surface area contributed by atoms with Gasteiger partial charge in [0.1, 0.15) is 0 Å². The zero-order chi connectivity index (χ0) is 15.1. The Balaban J connectivity index is 2.18. The molecule has 0 heterocycles. The number of nitrogens with zero attached hydrogens (tertiary/aromatic N) is 2. The Labute approximate surface area is 129 Å². The topological polar surface area (TPSA) is 6.48 Å². The van der Waals surface area contributed by atoms with Crippen LogP contribution in [0.3, 0.4) is 0 Å². The average Bonchev–Trinajstić information content (AvgIpc) is 2.52. The highest BCUT2D eigenvalue weighted by Gasteiger charge is 2.08. The summed E-state index contributed by atoms with van der Waals surface area (Å²) in [6, 6.07) is 19.6. The van der Waals surface area contributed by atoms with E-state index in [9.17, 15) is 0 Å². The van der Waals surface area contributed by atoms with Crippen molar-refractivity contribution in [3.05, 3.63) is 65.7 Å². The number of hydrogen-bond donors (Lipinski definition) is 0. The van der Waals surface area contributed by atoms with Crippen LogP contribution in [0.5, 0.6) is 0 Å². The zero-order valence-corrected chi connectivity index (χ0v) is 13.4. The molecule has 0 aliphatic rings. The van der Waals surface area contributed by atoms with E-state index in [1.165, 1.54) is 16.8 Å². The van der Waals surface area contributed by atoms with Gasteiger partial charge in [0.15, 0.2) is 0 Å². The molecule has 0 spiro atoms. The summed E-state index contributed by atoms with van der Waals surface area (Å²) in [6.45, 7) is 5.26. The third-order valence-corrected chi connectivity index (χ3v) is 3.72. The largest absolute Gasteiger partial charge is 0.366 e. The van der Waals surface area contributed by atoms with Gasteiger partial charge in [-0.15, -0.1) is 0 Å². The summed E-state index contributed by atoms with van der Waals surface area (Å²) in [5.74, 6) is 0. The second-order valence-corrected chi connectivity index (χ2v) is 5.73. The van der Waals surface area contributed by atoms with Gasteiger partial charge in [0.25, 0.3) is 0 Å². The van der Waals surface area contributed by atoms with E-state index in [0.717, 1.165) is 26.1 Å². The number of benzene rings is 2. The van der Waals surface area contributed by atoms with Gasteiger partial charge >= 0.3 is 0 Å². The van der Waals surface area contributed by atoms with Crippen molar-refractivity contribution in [2.24, 2.45) is 0 Å². The lowest BCUT2D eigenvalue weighted by atomic mass is 10.1. The molecule has 0 aliphatic heterocycles. The molecule has 21 heavy (non-hydrogen) atoms. The monoisotopic (exact) mass is 282 g/mol. The molecule has 2 rings (SSSR count). The molecule has 0 amide bonds. The fourth-order valence-electron chi connectivity index (χ4n) is 2.40. The van der Waals surface area contributed by atoms with Gasteiger partial charge in [-0.05, 0) is 43.8 Å². The molecule has 0 radical (unpaired) electrons. The van der Waals surface area contributed by atoms with Gasteiger partial charge in [-0.2, -0.15) is 0 Å². The molecule has 2 aromatic carbocycles. The molecule has 0 aliphatic carbocycles. The normalized spacial score (nSPS) is 10.9. The van der Waals surface area contributed by atoms with E-state index < -0.39 is 0 Å². The minimum atomic E-state index is 0.960. The molecule has 0 bridgehead atoms. The van der Waals surface area contributed by atoms with Crippen molar-refractivity contribution in [3.8, 4) is 0 Å². The van der Waals surface area contributed by atoms with Gasteiger partial charge in [0.2, 0.25) is 0 Å². The first-order valence-electron chi connectivity index (χ1n) is 7.71. The lowest BCUT2D eigenvalue weighted by molar-refractivity contribution is 0.412. The Morgan fingerprint density at radius 3 is 2.19 bits per heavy atom. The highest BCUT2D eigenvalue weighted by molar-refractivity contribution is 5.49.